The Hall–Kier alpha value is -2.20. The van der Waals surface area contributed by atoms with Crippen LogP contribution in [0.4, 0.5) is 4.39 Å². The van der Waals surface area contributed by atoms with Crippen molar-refractivity contribution in [3.63, 3.8) is 0 Å². The first-order valence-electron chi connectivity index (χ1n) is 9.91. The minimum atomic E-state index is -0.711. The van der Waals surface area contributed by atoms with Crippen LogP contribution in [-0.4, -0.2) is 17.6 Å². The third kappa shape index (κ3) is 26.0. The first-order valence-corrected chi connectivity index (χ1v) is 9.91. The molecule has 0 fully saturated rings. The fourth-order valence-corrected chi connectivity index (χ4v) is 1.53. The normalized spacial score (nSPS) is 10.2. The highest BCUT2D eigenvalue weighted by Crippen LogP contribution is 2.10. The van der Waals surface area contributed by atoms with Gasteiger partial charge >= 0.3 is 5.97 Å². The summed E-state index contributed by atoms with van der Waals surface area (Å²) in [6.45, 7) is 14.7. The summed E-state index contributed by atoms with van der Waals surface area (Å²) >= 11 is 0. The second-order valence-corrected chi connectivity index (χ2v) is 5.89. The van der Waals surface area contributed by atoms with Crippen molar-refractivity contribution in [1.82, 2.24) is 0 Å². The Morgan fingerprint density at radius 1 is 1.11 bits per heavy atom. The largest absolute Gasteiger partial charge is 0.481 e. The molecule has 0 heterocycles. The molecule has 0 aliphatic carbocycles. The quantitative estimate of drug-likeness (QED) is 0.494. The molecule has 0 atom stereocenters. The Morgan fingerprint density at radius 2 is 1.64 bits per heavy atom. The van der Waals surface area contributed by atoms with Gasteiger partial charge in [-0.2, -0.15) is 0 Å². The first-order chi connectivity index (χ1) is 13.3. The summed E-state index contributed by atoms with van der Waals surface area (Å²) in [5.74, 6) is -0.889. The van der Waals surface area contributed by atoms with Crippen molar-refractivity contribution in [2.24, 2.45) is 5.73 Å². The second kappa shape index (κ2) is 24.8. The van der Waals surface area contributed by atoms with Crippen LogP contribution in [0.15, 0.2) is 66.3 Å². The van der Waals surface area contributed by atoms with Crippen LogP contribution in [0, 0.1) is 5.82 Å². The number of hydrogen-bond donors (Lipinski definition) is 2. The monoisotopic (exact) mass is 393 g/mol. The Labute approximate surface area is 171 Å². The van der Waals surface area contributed by atoms with Crippen LogP contribution < -0.4 is 5.73 Å². The minimum absolute atomic E-state index is 0.178. The highest BCUT2D eigenvalue weighted by Gasteiger charge is 1.93. The van der Waals surface area contributed by atoms with Crippen molar-refractivity contribution in [1.29, 1.82) is 0 Å². The average molecular weight is 394 g/mol. The van der Waals surface area contributed by atoms with Crippen LogP contribution in [0.5, 0.6) is 0 Å². The van der Waals surface area contributed by atoms with E-state index in [9.17, 15) is 9.18 Å². The molecule has 0 saturated carbocycles. The molecule has 4 heteroatoms. The number of rotatable bonds is 7. The number of carbonyl (C=O) groups is 1. The molecular weight excluding hydrogens is 353 g/mol. The molecule has 1 aromatic rings. The Balaban J connectivity index is -0.000000318. The van der Waals surface area contributed by atoms with Crippen molar-refractivity contribution < 1.29 is 14.3 Å². The van der Waals surface area contributed by atoms with Crippen molar-refractivity contribution >= 4 is 5.97 Å². The molecule has 160 valence electrons. The van der Waals surface area contributed by atoms with Crippen molar-refractivity contribution in [2.45, 2.75) is 66.7 Å². The molecule has 3 nitrogen and oxygen atoms in total. The van der Waals surface area contributed by atoms with Crippen molar-refractivity contribution in [3.8, 4) is 0 Å². The summed E-state index contributed by atoms with van der Waals surface area (Å²) in [7, 11) is 0. The van der Waals surface area contributed by atoms with Gasteiger partial charge in [-0.15, -0.1) is 0 Å². The lowest BCUT2D eigenvalue weighted by Gasteiger charge is -2.01. The fourth-order valence-electron chi connectivity index (χ4n) is 1.53. The Bertz CT molecular complexity index is 535. The molecule has 0 aliphatic heterocycles. The molecule has 0 amide bonds. The summed E-state index contributed by atoms with van der Waals surface area (Å²) < 4.78 is 11.9. The van der Waals surface area contributed by atoms with Gasteiger partial charge in [0.15, 0.2) is 0 Å². The number of hydrogen-bond acceptors (Lipinski definition) is 2. The molecule has 0 saturated heterocycles. The summed E-state index contributed by atoms with van der Waals surface area (Å²) in [6.07, 6.45) is 10.6. The van der Waals surface area contributed by atoms with E-state index >= 15 is 0 Å². The van der Waals surface area contributed by atoms with Gasteiger partial charge in [0.05, 0.1) is 0 Å². The molecule has 0 unspecified atom stereocenters. The Kier molecular flexibility index (Phi) is 27.0. The van der Waals surface area contributed by atoms with Crippen LogP contribution >= 0.6 is 0 Å². The zero-order valence-electron chi connectivity index (χ0n) is 18.4. The SMILES string of the molecule is C=C/C(C)=C(\C=C/C)CCN.CCCC.CCCC(=O)O.Fc1ccccc1. The Morgan fingerprint density at radius 3 is 1.86 bits per heavy atom. The van der Waals surface area contributed by atoms with E-state index in [2.05, 4.69) is 33.4 Å². The van der Waals surface area contributed by atoms with Crippen LogP contribution in [0.2, 0.25) is 0 Å². The highest BCUT2D eigenvalue weighted by molar-refractivity contribution is 5.66. The topological polar surface area (TPSA) is 63.3 Å². The zero-order valence-corrected chi connectivity index (χ0v) is 18.4. The molecule has 0 radical (unpaired) electrons. The van der Waals surface area contributed by atoms with Crippen LogP contribution in [0.1, 0.15) is 66.7 Å². The lowest BCUT2D eigenvalue weighted by molar-refractivity contribution is -0.137. The molecule has 0 aliphatic rings. The molecular formula is C24H40FNO2. The van der Waals surface area contributed by atoms with Gasteiger partial charge in [-0.25, -0.2) is 4.39 Å². The molecule has 0 spiro atoms. The van der Waals surface area contributed by atoms with Gasteiger partial charge in [0, 0.05) is 6.42 Å². The highest BCUT2D eigenvalue weighted by atomic mass is 19.1. The van der Waals surface area contributed by atoms with Crippen LogP contribution in [0.3, 0.4) is 0 Å². The number of carboxylic acids is 1. The van der Waals surface area contributed by atoms with Crippen LogP contribution in [-0.2, 0) is 4.79 Å². The maximum Gasteiger partial charge on any atom is 0.303 e. The molecule has 28 heavy (non-hydrogen) atoms. The third-order valence-electron chi connectivity index (χ3n) is 3.29. The van der Waals surface area contributed by atoms with Gasteiger partial charge in [-0.1, -0.05) is 76.6 Å². The van der Waals surface area contributed by atoms with Crippen molar-refractivity contribution in [2.75, 3.05) is 6.54 Å². The molecule has 1 aromatic carbocycles. The smallest absolute Gasteiger partial charge is 0.303 e. The maximum absolute atomic E-state index is 11.9. The van der Waals surface area contributed by atoms with E-state index < -0.39 is 5.97 Å². The summed E-state index contributed by atoms with van der Waals surface area (Å²) in [4.78, 5) is 9.60. The van der Waals surface area contributed by atoms with E-state index in [1.54, 1.807) is 18.2 Å². The van der Waals surface area contributed by atoms with Crippen LogP contribution in [0.25, 0.3) is 0 Å². The number of unbranched alkanes of at least 4 members (excludes halogenated alkanes) is 1. The van der Waals surface area contributed by atoms with Gasteiger partial charge in [-0.05, 0) is 56.5 Å². The summed E-state index contributed by atoms with van der Waals surface area (Å²) in [5.41, 5.74) is 7.95. The van der Waals surface area contributed by atoms with Gasteiger partial charge < -0.3 is 10.8 Å². The van der Waals surface area contributed by atoms with Gasteiger partial charge in [0.25, 0.3) is 0 Å². The average Bonchev–Trinajstić information content (AvgIpc) is 2.69. The predicted molar refractivity (Wildman–Crippen MR) is 121 cm³/mol. The van der Waals surface area contributed by atoms with Gasteiger partial charge in [0.2, 0.25) is 0 Å². The van der Waals surface area contributed by atoms with Gasteiger partial charge in [-0.3, -0.25) is 4.79 Å². The first kappa shape index (κ1) is 30.5. The predicted octanol–water partition coefficient (Wildman–Crippen LogP) is 6.92. The lowest BCUT2D eigenvalue weighted by Crippen LogP contribution is -2.00. The van der Waals surface area contributed by atoms with E-state index in [0.29, 0.717) is 13.0 Å². The third-order valence-corrected chi connectivity index (χ3v) is 3.29. The second-order valence-electron chi connectivity index (χ2n) is 5.89. The number of allylic oxidation sites excluding steroid dienone is 4. The van der Waals surface area contributed by atoms with E-state index in [1.807, 2.05) is 26.0 Å². The van der Waals surface area contributed by atoms with Crippen molar-refractivity contribution in [3.05, 3.63) is 72.1 Å². The van der Waals surface area contributed by atoms with E-state index in [-0.39, 0.29) is 5.82 Å². The molecule has 0 aromatic heterocycles. The number of carboxylic acid groups (broad SMARTS) is 1. The van der Waals surface area contributed by atoms with Gasteiger partial charge in [0.1, 0.15) is 5.82 Å². The number of benzene rings is 1. The minimum Gasteiger partial charge on any atom is -0.481 e. The van der Waals surface area contributed by atoms with E-state index in [4.69, 9.17) is 10.8 Å². The fraction of sp³-hybridized carbons (Fsp3) is 0.458. The summed E-state index contributed by atoms with van der Waals surface area (Å²) in [5, 5.41) is 7.91. The summed E-state index contributed by atoms with van der Waals surface area (Å²) in [6, 6.07) is 7.94. The van der Waals surface area contributed by atoms with E-state index in [0.717, 1.165) is 12.8 Å². The maximum atomic E-state index is 11.9. The standard InChI is InChI=1S/C10H17N.C6H5F.C4H8O2.C4H10/c1-4-6-10(7-8-11)9(3)5-2;7-6-4-2-1-3-5-6;1-2-3-4(5)6;1-3-4-2/h4-6H,2,7-8,11H2,1,3H3;1-5H;2-3H2,1H3,(H,5,6);3-4H2,1-2H3/b6-4-,10-9+;;;. The van der Waals surface area contributed by atoms with E-state index in [1.165, 1.54) is 36.1 Å². The molecule has 1 rings (SSSR count). The lowest BCUT2D eigenvalue weighted by atomic mass is 10.1. The number of halogens is 1. The number of nitrogens with two attached hydrogens (primary N) is 1. The number of aliphatic carboxylic acids is 1. The zero-order chi connectivity index (χ0) is 22.2. The molecule has 3 N–H and O–H groups in total. The molecule has 0 bridgehead atoms.